The average Bonchev–Trinajstić information content (AvgIpc) is 2.31. The molecule has 2 aromatic carbocycles. The lowest BCUT2D eigenvalue weighted by Gasteiger charge is -2.09. The Labute approximate surface area is 105 Å². The number of nitrogen functional groups attached to an aromatic ring is 1. The van der Waals surface area contributed by atoms with E-state index in [2.05, 4.69) is 0 Å². The van der Waals surface area contributed by atoms with Gasteiger partial charge < -0.3 is 5.73 Å². The van der Waals surface area contributed by atoms with E-state index in [-0.39, 0.29) is 5.82 Å². The van der Waals surface area contributed by atoms with Crippen LogP contribution in [0.15, 0.2) is 36.4 Å². The van der Waals surface area contributed by atoms with Crippen LogP contribution in [0.1, 0.15) is 12.5 Å². The van der Waals surface area contributed by atoms with E-state index in [1.54, 1.807) is 24.3 Å². The Balaban J connectivity index is 2.61. The van der Waals surface area contributed by atoms with Gasteiger partial charge in [-0.25, -0.2) is 4.39 Å². The molecule has 17 heavy (non-hydrogen) atoms. The first-order valence-electron chi connectivity index (χ1n) is 5.46. The van der Waals surface area contributed by atoms with Crippen molar-refractivity contribution in [1.82, 2.24) is 0 Å². The maximum atomic E-state index is 13.8. The SMILES string of the molecule is CCc1cc(-c2c(F)cccc2Cl)ccc1N. The molecule has 2 rings (SSSR count). The molecular weight excluding hydrogens is 237 g/mol. The van der Waals surface area contributed by atoms with Crippen LogP contribution in [-0.4, -0.2) is 0 Å². The lowest BCUT2D eigenvalue weighted by Crippen LogP contribution is -1.94. The normalized spacial score (nSPS) is 10.5. The van der Waals surface area contributed by atoms with Crippen molar-refractivity contribution in [2.24, 2.45) is 0 Å². The van der Waals surface area contributed by atoms with E-state index in [9.17, 15) is 4.39 Å². The van der Waals surface area contributed by atoms with Gasteiger partial charge in [0.1, 0.15) is 5.82 Å². The third-order valence-corrected chi connectivity index (χ3v) is 3.09. The number of hydrogen-bond donors (Lipinski definition) is 1. The second kappa shape index (κ2) is 4.76. The van der Waals surface area contributed by atoms with E-state index < -0.39 is 0 Å². The van der Waals surface area contributed by atoms with Gasteiger partial charge >= 0.3 is 0 Å². The van der Waals surface area contributed by atoms with Crippen molar-refractivity contribution >= 4 is 17.3 Å². The molecule has 2 N–H and O–H groups in total. The number of aryl methyl sites for hydroxylation is 1. The zero-order valence-electron chi connectivity index (χ0n) is 9.50. The van der Waals surface area contributed by atoms with Crippen LogP contribution in [0.5, 0.6) is 0 Å². The molecule has 3 heteroatoms. The highest BCUT2D eigenvalue weighted by Gasteiger charge is 2.10. The summed E-state index contributed by atoms with van der Waals surface area (Å²) in [7, 11) is 0. The van der Waals surface area contributed by atoms with E-state index in [1.165, 1.54) is 6.07 Å². The monoisotopic (exact) mass is 249 g/mol. The summed E-state index contributed by atoms with van der Waals surface area (Å²) in [5, 5.41) is 0.414. The minimum atomic E-state index is -0.315. The number of benzene rings is 2. The lowest BCUT2D eigenvalue weighted by molar-refractivity contribution is 0.631. The Morgan fingerprint density at radius 2 is 2.00 bits per heavy atom. The fourth-order valence-corrected chi connectivity index (χ4v) is 2.11. The molecule has 0 fully saturated rings. The van der Waals surface area contributed by atoms with Crippen LogP contribution in [0, 0.1) is 5.82 Å². The number of nitrogens with two attached hydrogens (primary N) is 1. The maximum absolute atomic E-state index is 13.8. The molecule has 0 aromatic heterocycles. The number of halogens is 2. The molecule has 0 saturated carbocycles. The highest BCUT2D eigenvalue weighted by molar-refractivity contribution is 6.33. The van der Waals surface area contributed by atoms with Gasteiger partial charge in [-0.05, 0) is 41.8 Å². The predicted molar refractivity (Wildman–Crippen MR) is 70.6 cm³/mol. The summed E-state index contributed by atoms with van der Waals surface area (Å²) in [6.07, 6.45) is 0.811. The third-order valence-electron chi connectivity index (χ3n) is 2.78. The fourth-order valence-electron chi connectivity index (χ4n) is 1.84. The molecule has 1 nitrogen and oxygen atoms in total. The van der Waals surface area contributed by atoms with E-state index in [0.29, 0.717) is 10.6 Å². The van der Waals surface area contributed by atoms with Gasteiger partial charge in [0.25, 0.3) is 0 Å². The van der Waals surface area contributed by atoms with E-state index in [0.717, 1.165) is 23.2 Å². The van der Waals surface area contributed by atoms with Crippen molar-refractivity contribution < 1.29 is 4.39 Å². The number of anilines is 1. The molecular formula is C14H13ClFN. The summed E-state index contributed by atoms with van der Waals surface area (Å²) in [6.45, 7) is 2.01. The van der Waals surface area contributed by atoms with Crippen LogP contribution in [0.3, 0.4) is 0 Å². The average molecular weight is 250 g/mol. The Morgan fingerprint density at radius 3 is 2.65 bits per heavy atom. The summed E-state index contributed by atoms with van der Waals surface area (Å²) >= 11 is 6.03. The molecule has 0 spiro atoms. The van der Waals surface area contributed by atoms with Crippen molar-refractivity contribution in [3.05, 3.63) is 52.8 Å². The van der Waals surface area contributed by atoms with E-state index >= 15 is 0 Å². The van der Waals surface area contributed by atoms with Crippen molar-refractivity contribution in [3.8, 4) is 11.1 Å². The second-order valence-electron chi connectivity index (χ2n) is 3.86. The van der Waals surface area contributed by atoms with Crippen LogP contribution >= 0.6 is 11.6 Å². The quantitative estimate of drug-likeness (QED) is 0.790. The Hall–Kier alpha value is -1.54. The molecule has 0 radical (unpaired) electrons. The summed E-state index contributed by atoms with van der Waals surface area (Å²) in [5.41, 5.74) is 8.75. The predicted octanol–water partition coefficient (Wildman–Crippen LogP) is 4.29. The van der Waals surface area contributed by atoms with Crippen LogP contribution in [0.4, 0.5) is 10.1 Å². The summed E-state index contributed by atoms with van der Waals surface area (Å²) in [4.78, 5) is 0. The minimum Gasteiger partial charge on any atom is -0.399 e. The molecule has 88 valence electrons. The van der Waals surface area contributed by atoms with E-state index in [1.807, 2.05) is 13.0 Å². The maximum Gasteiger partial charge on any atom is 0.132 e. The smallest absolute Gasteiger partial charge is 0.132 e. The molecule has 0 aliphatic carbocycles. The zero-order valence-corrected chi connectivity index (χ0v) is 10.3. The van der Waals surface area contributed by atoms with Crippen LogP contribution in [0.2, 0.25) is 5.02 Å². The van der Waals surface area contributed by atoms with Gasteiger partial charge in [0.15, 0.2) is 0 Å². The molecule has 0 atom stereocenters. The van der Waals surface area contributed by atoms with Gasteiger partial charge in [0.05, 0.1) is 5.02 Å². The number of hydrogen-bond acceptors (Lipinski definition) is 1. The first-order valence-corrected chi connectivity index (χ1v) is 5.84. The fraction of sp³-hybridized carbons (Fsp3) is 0.143. The highest BCUT2D eigenvalue weighted by atomic mass is 35.5. The van der Waals surface area contributed by atoms with Crippen molar-refractivity contribution in [1.29, 1.82) is 0 Å². The summed E-state index contributed by atoms with van der Waals surface area (Å²) in [5.74, 6) is -0.315. The van der Waals surface area contributed by atoms with Crippen molar-refractivity contribution in [2.75, 3.05) is 5.73 Å². The second-order valence-corrected chi connectivity index (χ2v) is 4.27. The first-order chi connectivity index (χ1) is 8.13. The molecule has 0 heterocycles. The lowest BCUT2D eigenvalue weighted by atomic mass is 10.0. The van der Waals surface area contributed by atoms with Crippen LogP contribution in [0.25, 0.3) is 11.1 Å². The Bertz CT molecular complexity index is 532. The van der Waals surface area contributed by atoms with Gasteiger partial charge in [-0.15, -0.1) is 0 Å². The van der Waals surface area contributed by atoms with Gasteiger partial charge in [-0.2, -0.15) is 0 Å². The molecule has 0 aliphatic heterocycles. The Morgan fingerprint density at radius 1 is 1.24 bits per heavy atom. The van der Waals surface area contributed by atoms with Gasteiger partial charge in [-0.1, -0.05) is 30.7 Å². The van der Waals surface area contributed by atoms with Gasteiger partial charge in [0, 0.05) is 11.3 Å². The minimum absolute atomic E-state index is 0.315. The van der Waals surface area contributed by atoms with Crippen LogP contribution < -0.4 is 5.73 Å². The number of rotatable bonds is 2. The molecule has 0 saturated heterocycles. The summed E-state index contributed by atoms with van der Waals surface area (Å²) < 4.78 is 13.8. The highest BCUT2D eigenvalue weighted by Crippen LogP contribution is 2.32. The molecule has 2 aromatic rings. The summed E-state index contributed by atoms with van der Waals surface area (Å²) in [6, 6.07) is 10.2. The molecule has 0 unspecified atom stereocenters. The molecule has 0 aliphatic rings. The van der Waals surface area contributed by atoms with Crippen molar-refractivity contribution in [2.45, 2.75) is 13.3 Å². The van der Waals surface area contributed by atoms with Gasteiger partial charge in [0.2, 0.25) is 0 Å². The van der Waals surface area contributed by atoms with Crippen LogP contribution in [-0.2, 0) is 6.42 Å². The first kappa shape index (κ1) is 11.9. The zero-order chi connectivity index (χ0) is 12.4. The third kappa shape index (κ3) is 2.27. The van der Waals surface area contributed by atoms with Gasteiger partial charge in [-0.3, -0.25) is 0 Å². The molecule has 0 bridgehead atoms. The van der Waals surface area contributed by atoms with Crippen molar-refractivity contribution in [3.63, 3.8) is 0 Å². The Kier molecular flexibility index (Phi) is 3.34. The van der Waals surface area contributed by atoms with E-state index in [4.69, 9.17) is 17.3 Å². The standard InChI is InChI=1S/C14H13ClFN/c1-2-9-8-10(6-7-13(9)17)14-11(15)4-3-5-12(14)16/h3-8H,2,17H2,1H3. The largest absolute Gasteiger partial charge is 0.399 e. The topological polar surface area (TPSA) is 26.0 Å². The molecule has 0 amide bonds.